The van der Waals surface area contributed by atoms with Gasteiger partial charge in [-0.3, -0.25) is 0 Å². The maximum absolute atomic E-state index is 3.37. The second kappa shape index (κ2) is 7.64. The van der Waals surface area contributed by atoms with Crippen molar-refractivity contribution in [2.24, 2.45) is 17.8 Å². The van der Waals surface area contributed by atoms with Crippen molar-refractivity contribution in [3.05, 3.63) is 0 Å². The zero-order valence-electron chi connectivity index (χ0n) is 13.3. The molecule has 0 radical (unpaired) electrons. The lowest BCUT2D eigenvalue weighted by Gasteiger charge is -2.38. The first kappa shape index (κ1) is 15.3. The van der Waals surface area contributed by atoms with Gasteiger partial charge in [-0.2, -0.15) is 0 Å². The van der Waals surface area contributed by atoms with Crippen LogP contribution in [-0.2, 0) is 0 Å². The predicted octanol–water partition coefficient (Wildman–Crippen LogP) is 3.52. The molecule has 0 aromatic rings. The smallest absolute Gasteiger partial charge is 0.00954 e. The lowest BCUT2D eigenvalue weighted by Crippen LogP contribution is -2.44. The Bertz CT molecular complexity index is 250. The molecule has 1 N–H and O–H groups in total. The van der Waals surface area contributed by atoms with Crippen LogP contribution in [-0.4, -0.2) is 37.6 Å². The van der Waals surface area contributed by atoms with Crippen molar-refractivity contribution < 1.29 is 0 Å². The third-order valence-electron chi connectivity index (χ3n) is 5.49. The molecule has 2 fully saturated rings. The summed E-state index contributed by atoms with van der Waals surface area (Å²) in [6.45, 7) is 8.73. The topological polar surface area (TPSA) is 15.3 Å². The highest BCUT2D eigenvalue weighted by atomic mass is 15.2. The van der Waals surface area contributed by atoms with Crippen LogP contribution in [0.15, 0.2) is 0 Å². The molecule has 1 saturated heterocycles. The van der Waals surface area contributed by atoms with E-state index in [-0.39, 0.29) is 0 Å². The molecule has 1 saturated carbocycles. The Balaban J connectivity index is 1.83. The summed E-state index contributed by atoms with van der Waals surface area (Å²) in [4.78, 5) is 2.83. The Labute approximate surface area is 120 Å². The first-order valence-corrected chi connectivity index (χ1v) is 8.59. The van der Waals surface area contributed by atoms with E-state index >= 15 is 0 Å². The van der Waals surface area contributed by atoms with E-state index in [4.69, 9.17) is 0 Å². The van der Waals surface area contributed by atoms with Crippen LogP contribution < -0.4 is 5.32 Å². The summed E-state index contributed by atoms with van der Waals surface area (Å²) >= 11 is 0. The number of piperidine rings is 1. The second-order valence-electron chi connectivity index (χ2n) is 7.23. The van der Waals surface area contributed by atoms with Crippen LogP contribution in [0.5, 0.6) is 0 Å². The summed E-state index contributed by atoms with van der Waals surface area (Å²) < 4.78 is 0. The molecular weight excluding hydrogens is 232 g/mol. The first-order valence-electron chi connectivity index (χ1n) is 8.59. The highest BCUT2D eigenvalue weighted by Gasteiger charge is 2.28. The summed E-state index contributed by atoms with van der Waals surface area (Å²) in [6, 6.07) is 0.892. The van der Waals surface area contributed by atoms with Crippen LogP contribution in [0.2, 0.25) is 0 Å². The Kier molecular flexibility index (Phi) is 6.15. The molecule has 0 aromatic carbocycles. The predicted molar refractivity (Wildman–Crippen MR) is 83.4 cm³/mol. The third kappa shape index (κ3) is 4.46. The van der Waals surface area contributed by atoms with Crippen molar-refractivity contribution in [2.75, 3.05) is 26.7 Å². The molecular formula is C17H34N2. The van der Waals surface area contributed by atoms with Crippen molar-refractivity contribution in [3.63, 3.8) is 0 Å². The van der Waals surface area contributed by atoms with Gasteiger partial charge in [-0.05, 0) is 70.0 Å². The molecule has 2 heteroatoms. The molecule has 0 aromatic heterocycles. The largest absolute Gasteiger partial charge is 0.319 e. The van der Waals surface area contributed by atoms with Gasteiger partial charge in [0.2, 0.25) is 0 Å². The lowest BCUT2D eigenvalue weighted by molar-refractivity contribution is 0.111. The van der Waals surface area contributed by atoms with Gasteiger partial charge < -0.3 is 10.2 Å². The minimum absolute atomic E-state index is 0.886. The van der Waals surface area contributed by atoms with Gasteiger partial charge in [0, 0.05) is 12.6 Å². The van der Waals surface area contributed by atoms with Gasteiger partial charge >= 0.3 is 0 Å². The van der Waals surface area contributed by atoms with E-state index < -0.39 is 0 Å². The molecule has 1 aliphatic carbocycles. The van der Waals surface area contributed by atoms with Gasteiger partial charge in [0.1, 0.15) is 0 Å². The van der Waals surface area contributed by atoms with Crippen molar-refractivity contribution in [3.8, 4) is 0 Å². The van der Waals surface area contributed by atoms with Crippen LogP contribution in [0.4, 0.5) is 0 Å². The SMILES string of the molecule is CNCC1CCCN(C2CCCC(C(C)C)CC2)C1. The van der Waals surface area contributed by atoms with Crippen LogP contribution in [0, 0.1) is 17.8 Å². The van der Waals surface area contributed by atoms with Crippen LogP contribution in [0.1, 0.15) is 58.8 Å². The van der Waals surface area contributed by atoms with Gasteiger partial charge in [-0.25, -0.2) is 0 Å². The Morgan fingerprint density at radius 2 is 1.89 bits per heavy atom. The summed E-state index contributed by atoms with van der Waals surface area (Å²) in [7, 11) is 2.10. The average Bonchev–Trinajstić information content (AvgIpc) is 2.65. The average molecular weight is 266 g/mol. The second-order valence-corrected chi connectivity index (χ2v) is 7.23. The first-order chi connectivity index (χ1) is 9.20. The highest BCUT2D eigenvalue weighted by molar-refractivity contribution is 4.83. The van der Waals surface area contributed by atoms with Crippen LogP contribution in [0.25, 0.3) is 0 Å². The van der Waals surface area contributed by atoms with Crippen molar-refractivity contribution >= 4 is 0 Å². The molecule has 1 heterocycles. The van der Waals surface area contributed by atoms with Crippen molar-refractivity contribution in [2.45, 2.75) is 64.8 Å². The van der Waals surface area contributed by atoms with Gasteiger partial charge in [-0.15, -0.1) is 0 Å². The molecule has 2 rings (SSSR count). The maximum Gasteiger partial charge on any atom is 0.00954 e. The molecule has 2 aliphatic rings. The standard InChI is InChI=1S/C17H34N2/c1-14(2)16-7-4-8-17(10-9-16)19-11-5-6-15(13-19)12-18-3/h14-18H,4-13H2,1-3H3. The molecule has 2 nitrogen and oxygen atoms in total. The molecule has 0 bridgehead atoms. The van der Waals surface area contributed by atoms with Gasteiger partial charge in [0.05, 0.1) is 0 Å². The van der Waals surface area contributed by atoms with Crippen LogP contribution in [0.3, 0.4) is 0 Å². The van der Waals surface area contributed by atoms with E-state index in [1.807, 2.05) is 0 Å². The molecule has 3 unspecified atom stereocenters. The monoisotopic (exact) mass is 266 g/mol. The molecule has 19 heavy (non-hydrogen) atoms. The van der Waals surface area contributed by atoms with Gasteiger partial charge in [0.25, 0.3) is 0 Å². The summed E-state index contributed by atoms with van der Waals surface area (Å²) in [6.07, 6.45) is 10.2. The summed E-state index contributed by atoms with van der Waals surface area (Å²) in [5.41, 5.74) is 0. The number of hydrogen-bond acceptors (Lipinski definition) is 2. The zero-order chi connectivity index (χ0) is 13.7. The number of nitrogens with one attached hydrogen (secondary N) is 1. The molecule has 0 spiro atoms. The molecule has 1 aliphatic heterocycles. The van der Waals surface area contributed by atoms with E-state index in [9.17, 15) is 0 Å². The maximum atomic E-state index is 3.37. The highest BCUT2D eigenvalue weighted by Crippen LogP contribution is 2.32. The number of likely N-dealkylation sites (tertiary alicyclic amines) is 1. The van der Waals surface area contributed by atoms with E-state index in [1.165, 1.54) is 64.6 Å². The van der Waals surface area contributed by atoms with E-state index in [2.05, 4.69) is 31.1 Å². The zero-order valence-corrected chi connectivity index (χ0v) is 13.3. The molecule has 3 atom stereocenters. The van der Waals surface area contributed by atoms with Gasteiger partial charge in [-0.1, -0.05) is 26.7 Å². The quantitative estimate of drug-likeness (QED) is 0.783. The fourth-order valence-corrected chi connectivity index (χ4v) is 4.23. The van der Waals surface area contributed by atoms with Crippen molar-refractivity contribution in [1.29, 1.82) is 0 Å². The number of hydrogen-bond donors (Lipinski definition) is 1. The lowest BCUT2D eigenvalue weighted by atomic mass is 9.88. The molecule has 112 valence electrons. The Hall–Kier alpha value is -0.0800. The van der Waals surface area contributed by atoms with E-state index in [0.29, 0.717) is 0 Å². The summed E-state index contributed by atoms with van der Waals surface area (Å²) in [5.74, 6) is 2.77. The fourth-order valence-electron chi connectivity index (χ4n) is 4.23. The third-order valence-corrected chi connectivity index (χ3v) is 5.49. The van der Waals surface area contributed by atoms with Crippen molar-refractivity contribution in [1.82, 2.24) is 10.2 Å². The number of rotatable bonds is 4. The minimum Gasteiger partial charge on any atom is -0.319 e. The fraction of sp³-hybridized carbons (Fsp3) is 1.00. The van der Waals surface area contributed by atoms with Crippen LogP contribution >= 0.6 is 0 Å². The minimum atomic E-state index is 0.886. The Morgan fingerprint density at radius 3 is 2.63 bits per heavy atom. The summed E-state index contributed by atoms with van der Waals surface area (Å²) in [5, 5.41) is 3.37. The van der Waals surface area contributed by atoms with E-state index in [1.54, 1.807) is 0 Å². The van der Waals surface area contributed by atoms with E-state index in [0.717, 1.165) is 23.8 Å². The van der Waals surface area contributed by atoms with Gasteiger partial charge in [0.15, 0.2) is 0 Å². The normalized spacial score (nSPS) is 34.4. The molecule has 0 amide bonds. The Morgan fingerprint density at radius 1 is 1.05 bits per heavy atom. The number of nitrogens with zero attached hydrogens (tertiary/aromatic N) is 1.